The van der Waals surface area contributed by atoms with Gasteiger partial charge in [-0.15, -0.1) is 0 Å². The second-order valence-electron chi connectivity index (χ2n) is 8.17. The number of benzene rings is 2. The molecule has 0 aliphatic carbocycles. The Hall–Kier alpha value is -3.32. The molecule has 3 aromatic rings. The highest BCUT2D eigenvalue weighted by Gasteiger charge is 2.42. The summed E-state index contributed by atoms with van der Waals surface area (Å²) in [4.78, 5) is 14.8. The van der Waals surface area contributed by atoms with Gasteiger partial charge in [0.25, 0.3) is 0 Å². The van der Waals surface area contributed by atoms with Gasteiger partial charge >= 0.3 is 5.97 Å². The maximum atomic E-state index is 12.7. The number of ether oxygens (including phenoxy) is 3. The second-order valence-corrected chi connectivity index (χ2v) is 8.17. The molecule has 0 radical (unpaired) electrons. The molecule has 0 saturated carbocycles. The van der Waals surface area contributed by atoms with Crippen LogP contribution in [-0.4, -0.2) is 45.0 Å². The highest BCUT2D eigenvalue weighted by atomic mass is 16.5. The van der Waals surface area contributed by atoms with Gasteiger partial charge < -0.3 is 23.6 Å². The van der Waals surface area contributed by atoms with E-state index in [1.54, 1.807) is 7.11 Å². The number of hydrogen-bond acceptors (Lipinski definition) is 7. The van der Waals surface area contributed by atoms with Gasteiger partial charge in [-0.05, 0) is 42.5 Å². The van der Waals surface area contributed by atoms with Gasteiger partial charge in [-0.3, -0.25) is 0 Å². The Bertz CT molecular complexity index is 1120. The Morgan fingerprint density at radius 1 is 1.09 bits per heavy atom. The number of carbonyl (C=O) groups is 1. The molecule has 0 amide bonds. The van der Waals surface area contributed by atoms with Crippen LogP contribution in [0.5, 0.6) is 5.75 Å². The quantitative estimate of drug-likeness (QED) is 0.570. The highest BCUT2D eigenvalue weighted by molar-refractivity contribution is 6.00. The van der Waals surface area contributed by atoms with Crippen LogP contribution in [0, 0.1) is 0 Å². The van der Waals surface area contributed by atoms with E-state index in [-0.39, 0.29) is 5.60 Å². The van der Waals surface area contributed by atoms with Gasteiger partial charge in [0.15, 0.2) is 17.1 Å². The molecule has 0 N–H and O–H groups in total. The Balaban J connectivity index is 1.43. The van der Waals surface area contributed by atoms with E-state index < -0.39 is 5.97 Å². The van der Waals surface area contributed by atoms with Crippen molar-refractivity contribution in [3.05, 3.63) is 65.2 Å². The van der Waals surface area contributed by atoms with Crippen LogP contribution >= 0.6 is 0 Å². The third kappa shape index (κ3) is 3.42. The predicted octanol–water partition coefficient (Wildman–Crippen LogP) is 4.21. The second kappa shape index (κ2) is 8.31. The van der Waals surface area contributed by atoms with Gasteiger partial charge in [0.1, 0.15) is 5.75 Å². The number of piperidine rings is 1. The standard InChI is InChI=1S/C25H26N2O5/c1-29-19-8-9-20-18(16-19)10-15-31-25(20)11-13-27(14-12-25)23-21(24(28)30-2)22(32-26-23)17-6-4-3-5-7-17/h3-9,16H,10-15H2,1-2H3. The number of rotatable bonds is 4. The Morgan fingerprint density at radius 3 is 2.59 bits per heavy atom. The summed E-state index contributed by atoms with van der Waals surface area (Å²) in [7, 11) is 3.07. The molecule has 2 aliphatic heterocycles. The third-order valence-electron chi connectivity index (χ3n) is 6.52. The monoisotopic (exact) mass is 434 g/mol. The van der Waals surface area contributed by atoms with Crippen LogP contribution in [0.2, 0.25) is 0 Å². The lowest BCUT2D eigenvalue weighted by Gasteiger charge is -2.45. The number of nitrogens with zero attached hydrogens (tertiary/aromatic N) is 2. The summed E-state index contributed by atoms with van der Waals surface area (Å²) in [6.07, 6.45) is 2.47. The fourth-order valence-electron chi connectivity index (χ4n) is 4.85. The smallest absolute Gasteiger partial charge is 0.345 e. The molecular weight excluding hydrogens is 408 g/mol. The van der Waals surface area contributed by atoms with Crippen molar-refractivity contribution >= 4 is 11.8 Å². The number of anilines is 1. The number of carbonyl (C=O) groups excluding carboxylic acids is 1. The summed E-state index contributed by atoms with van der Waals surface area (Å²) in [5, 5.41) is 4.28. The van der Waals surface area contributed by atoms with Crippen molar-refractivity contribution in [2.24, 2.45) is 0 Å². The molecule has 3 heterocycles. The van der Waals surface area contributed by atoms with Crippen molar-refractivity contribution in [3.8, 4) is 17.1 Å². The van der Waals surface area contributed by atoms with E-state index in [0.717, 1.165) is 30.6 Å². The van der Waals surface area contributed by atoms with Crippen molar-refractivity contribution in [1.82, 2.24) is 5.16 Å². The predicted molar refractivity (Wildman–Crippen MR) is 119 cm³/mol. The van der Waals surface area contributed by atoms with Gasteiger partial charge in [-0.2, -0.15) is 0 Å². The van der Waals surface area contributed by atoms with Crippen LogP contribution in [0.4, 0.5) is 5.82 Å². The van der Waals surface area contributed by atoms with Crippen molar-refractivity contribution in [3.63, 3.8) is 0 Å². The number of fused-ring (bicyclic) bond motifs is 2. The number of aromatic nitrogens is 1. The molecule has 1 spiro atoms. The number of methoxy groups -OCH3 is 2. The molecule has 7 nitrogen and oxygen atoms in total. The summed E-state index contributed by atoms with van der Waals surface area (Å²) < 4.78 is 22.5. The molecule has 0 unspecified atom stereocenters. The van der Waals surface area contributed by atoms with E-state index in [1.807, 2.05) is 36.4 Å². The summed E-state index contributed by atoms with van der Waals surface area (Å²) in [5.41, 5.74) is 3.35. The largest absolute Gasteiger partial charge is 0.497 e. The van der Waals surface area contributed by atoms with Gasteiger partial charge in [-0.25, -0.2) is 4.79 Å². The van der Waals surface area contributed by atoms with Crippen LogP contribution in [0.25, 0.3) is 11.3 Å². The minimum atomic E-state index is -0.452. The van der Waals surface area contributed by atoms with E-state index in [9.17, 15) is 4.79 Å². The average Bonchev–Trinajstić information content (AvgIpc) is 3.29. The van der Waals surface area contributed by atoms with Gasteiger partial charge in [0, 0.05) is 18.7 Å². The molecule has 1 saturated heterocycles. The highest BCUT2D eigenvalue weighted by Crippen LogP contribution is 2.44. The lowest BCUT2D eigenvalue weighted by atomic mass is 9.79. The first-order chi connectivity index (χ1) is 15.6. The van der Waals surface area contributed by atoms with E-state index in [1.165, 1.54) is 18.2 Å². The molecular formula is C25H26N2O5. The first-order valence-corrected chi connectivity index (χ1v) is 10.8. The zero-order valence-electron chi connectivity index (χ0n) is 18.3. The SMILES string of the molecule is COC(=O)c1c(N2CCC3(CC2)OCCc2cc(OC)ccc23)noc1-c1ccccc1. The summed E-state index contributed by atoms with van der Waals surface area (Å²) in [5.74, 6) is 1.37. The maximum Gasteiger partial charge on any atom is 0.345 e. The minimum Gasteiger partial charge on any atom is -0.497 e. The molecule has 5 rings (SSSR count). The molecule has 1 aromatic heterocycles. The fraction of sp³-hybridized carbons (Fsp3) is 0.360. The molecule has 0 bridgehead atoms. The van der Waals surface area contributed by atoms with Crippen molar-refractivity contribution in [2.75, 3.05) is 38.8 Å². The van der Waals surface area contributed by atoms with Gasteiger partial charge in [0.2, 0.25) is 0 Å². The van der Waals surface area contributed by atoms with Crippen LogP contribution in [0.15, 0.2) is 53.1 Å². The lowest BCUT2D eigenvalue weighted by Crippen LogP contribution is -2.47. The molecule has 2 aliphatic rings. The molecule has 1 fully saturated rings. The molecule has 2 aromatic carbocycles. The first kappa shape index (κ1) is 20.6. The lowest BCUT2D eigenvalue weighted by molar-refractivity contribution is -0.0767. The van der Waals surface area contributed by atoms with E-state index in [4.69, 9.17) is 18.7 Å². The summed E-state index contributed by atoms with van der Waals surface area (Å²) in [6, 6.07) is 15.7. The zero-order valence-corrected chi connectivity index (χ0v) is 18.3. The molecule has 166 valence electrons. The molecule has 7 heteroatoms. The van der Waals surface area contributed by atoms with Crippen molar-refractivity contribution in [1.29, 1.82) is 0 Å². The Labute approximate surface area is 186 Å². The Morgan fingerprint density at radius 2 is 1.88 bits per heavy atom. The normalized spacial score (nSPS) is 17.1. The van der Waals surface area contributed by atoms with Crippen LogP contribution in [0.3, 0.4) is 0 Å². The van der Waals surface area contributed by atoms with Crippen LogP contribution in [-0.2, 0) is 21.5 Å². The van der Waals surface area contributed by atoms with E-state index in [2.05, 4.69) is 22.2 Å². The topological polar surface area (TPSA) is 74.0 Å². The fourth-order valence-corrected chi connectivity index (χ4v) is 4.85. The molecule has 32 heavy (non-hydrogen) atoms. The minimum absolute atomic E-state index is 0.326. The number of esters is 1. The van der Waals surface area contributed by atoms with Crippen LogP contribution in [0.1, 0.15) is 34.3 Å². The third-order valence-corrected chi connectivity index (χ3v) is 6.52. The summed E-state index contributed by atoms with van der Waals surface area (Å²) >= 11 is 0. The average molecular weight is 434 g/mol. The van der Waals surface area contributed by atoms with Crippen LogP contribution < -0.4 is 9.64 Å². The Kier molecular flexibility index (Phi) is 5.35. The van der Waals surface area contributed by atoms with Crippen molar-refractivity contribution in [2.45, 2.75) is 24.9 Å². The maximum absolute atomic E-state index is 12.7. The van der Waals surface area contributed by atoms with Crippen molar-refractivity contribution < 1.29 is 23.5 Å². The van der Waals surface area contributed by atoms with E-state index >= 15 is 0 Å². The zero-order chi connectivity index (χ0) is 22.1. The first-order valence-electron chi connectivity index (χ1n) is 10.8. The summed E-state index contributed by atoms with van der Waals surface area (Å²) in [6.45, 7) is 2.07. The number of hydrogen-bond donors (Lipinski definition) is 0. The molecule has 0 atom stereocenters. The van der Waals surface area contributed by atoms with Gasteiger partial charge in [-0.1, -0.05) is 41.6 Å². The van der Waals surface area contributed by atoms with Gasteiger partial charge in [0.05, 0.1) is 26.4 Å². The van der Waals surface area contributed by atoms with E-state index in [0.29, 0.717) is 36.8 Å².